The van der Waals surface area contributed by atoms with Crippen molar-refractivity contribution in [3.05, 3.63) is 52.6 Å². The van der Waals surface area contributed by atoms with E-state index in [1.807, 2.05) is 32.9 Å². The van der Waals surface area contributed by atoms with Gasteiger partial charge < -0.3 is 0 Å². The van der Waals surface area contributed by atoms with Gasteiger partial charge in [-0.25, -0.2) is 18.4 Å². The minimum absolute atomic E-state index is 0.339. The molecule has 0 radical (unpaired) electrons. The molecule has 0 spiro atoms. The van der Waals surface area contributed by atoms with Crippen molar-refractivity contribution in [2.24, 2.45) is 0 Å². The van der Waals surface area contributed by atoms with Crippen LogP contribution in [-0.4, -0.2) is 29.2 Å². The summed E-state index contributed by atoms with van der Waals surface area (Å²) in [7, 11) is -3.51. The van der Waals surface area contributed by atoms with Crippen molar-refractivity contribution < 1.29 is 8.42 Å². The lowest BCUT2D eigenvalue weighted by molar-refractivity contribution is 0.386. The standard InChI is InChI=1S/C16H19N3O2S/c1-11-6-12(2)16(13(3)7-11)22(20,21)19-5-4-15-14(9-19)8-17-10-18-15/h6-8,10H,4-5,9H2,1-3H3. The molecule has 1 aromatic carbocycles. The highest BCUT2D eigenvalue weighted by Gasteiger charge is 2.31. The number of benzene rings is 1. The normalized spacial score (nSPS) is 15.6. The number of hydrogen-bond donors (Lipinski definition) is 0. The smallest absolute Gasteiger partial charge is 0.243 e. The van der Waals surface area contributed by atoms with Crippen LogP contribution in [-0.2, 0) is 23.0 Å². The van der Waals surface area contributed by atoms with Crippen molar-refractivity contribution in [2.45, 2.75) is 38.6 Å². The first kappa shape index (κ1) is 15.1. The highest BCUT2D eigenvalue weighted by molar-refractivity contribution is 7.89. The molecule has 1 aliphatic heterocycles. The van der Waals surface area contributed by atoms with Gasteiger partial charge in [-0.15, -0.1) is 0 Å². The van der Waals surface area contributed by atoms with Gasteiger partial charge in [0.05, 0.1) is 4.90 Å². The van der Waals surface area contributed by atoms with Crippen LogP contribution in [0.3, 0.4) is 0 Å². The van der Waals surface area contributed by atoms with E-state index in [1.54, 1.807) is 6.20 Å². The predicted octanol–water partition coefficient (Wildman–Crippen LogP) is 2.15. The lowest BCUT2D eigenvalue weighted by Gasteiger charge is -2.28. The van der Waals surface area contributed by atoms with Gasteiger partial charge in [0.1, 0.15) is 6.33 Å². The minimum Gasteiger partial charge on any atom is -0.244 e. The van der Waals surface area contributed by atoms with E-state index in [0.717, 1.165) is 27.9 Å². The zero-order chi connectivity index (χ0) is 15.9. The summed E-state index contributed by atoms with van der Waals surface area (Å²) in [5.74, 6) is 0. The number of aromatic nitrogens is 2. The third-order valence-corrected chi connectivity index (χ3v) is 6.18. The number of sulfonamides is 1. The molecule has 0 bridgehead atoms. The van der Waals surface area contributed by atoms with E-state index in [1.165, 1.54) is 10.6 Å². The Hall–Kier alpha value is -1.79. The van der Waals surface area contributed by atoms with E-state index < -0.39 is 10.0 Å². The molecule has 6 heteroatoms. The van der Waals surface area contributed by atoms with Crippen LogP contribution in [0.4, 0.5) is 0 Å². The first-order valence-electron chi connectivity index (χ1n) is 7.25. The number of rotatable bonds is 2. The van der Waals surface area contributed by atoms with Gasteiger partial charge in [-0.05, 0) is 31.9 Å². The fourth-order valence-electron chi connectivity index (χ4n) is 3.15. The lowest BCUT2D eigenvalue weighted by Crippen LogP contribution is -2.37. The summed E-state index contributed by atoms with van der Waals surface area (Å²) in [6, 6.07) is 3.84. The Morgan fingerprint density at radius 2 is 1.82 bits per heavy atom. The molecule has 116 valence electrons. The summed E-state index contributed by atoms with van der Waals surface area (Å²) in [5, 5.41) is 0. The van der Waals surface area contributed by atoms with Gasteiger partial charge in [0.25, 0.3) is 0 Å². The van der Waals surface area contributed by atoms with E-state index >= 15 is 0 Å². The van der Waals surface area contributed by atoms with Gasteiger partial charge in [0.15, 0.2) is 0 Å². The summed E-state index contributed by atoms with van der Waals surface area (Å²) >= 11 is 0. The largest absolute Gasteiger partial charge is 0.244 e. The summed E-state index contributed by atoms with van der Waals surface area (Å²) in [4.78, 5) is 8.65. The Bertz CT molecular complexity index is 808. The van der Waals surface area contributed by atoms with Crippen molar-refractivity contribution in [1.29, 1.82) is 0 Å². The summed E-state index contributed by atoms with van der Waals surface area (Å²) in [5.41, 5.74) is 4.50. The van der Waals surface area contributed by atoms with Crippen molar-refractivity contribution >= 4 is 10.0 Å². The van der Waals surface area contributed by atoms with Crippen LogP contribution in [0, 0.1) is 20.8 Å². The third-order valence-electron chi connectivity index (χ3n) is 4.03. The molecule has 2 aromatic rings. The van der Waals surface area contributed by atoms with Gasteiger partial charge >= 0.3 is 0 Å². The van der Waals surface area contributed by atoms with Crippen LogP contribution in [0.1, 0.15) is 27.9 Å². The van der Waals surface area contributed by atoms with E-state index in [-0.39, 0.29) is 0 Å². The van der Waals surface area contributed by atoms with Gasteiger partial charge in [0.2, 0.25) is 10.0 Å². The fourth-order valence-corrected chi connectivity index (χ4v) is 4.98. The third kappa shape index (κ3) is 2.53. The van der Waals surface area contributed by atoms with E-state index in [0.29, 0.717) is 24.4 Å². The first-order valence-corrected chi connectivity index (χ1v) is 8.69. The van der Waals surface area contributed by atoms with Crippen LogP contribution in [0.25, 0.3) is 0 Å². The van der Waals surface area contributed by atoms with E-state index in [4.69, 9.17) is 0 Å². The molecule has 0 amide bonds. The molecular formula is C16H19N3O2S. The van der Waals surface area contributed by atoms with Crippen LogP contribution >= 0.6 is 0 Å². The number of fused-ring (bicyclic) bond motifs is 1. The van der Waals surface area contributed by atoms with E-state index in [2.05, 4.69) is 9.97 Å². The highest BCUT2D eigenvalue weighted by Crippen LogP contribution is 2.28. The molecule has 0 fully saturated rings. The SMILES string of the molecule is Cc1cc(C)c(S(=O)(=O)N2CCc3ncncc3C2)c(C)c1. The second kappa shape index (κ2) is 5.44. The molecule has 1 aliphatic rings. The van der Waals surface area contributed by atoms with Crippen molar-refractivity contribution in [1.82, 2.24) is 14.3 Å². The van der Waals surface area contributed by atoms with Crippen LogP contribution in [0.2, 0.25) is 0 Å². The predicted molar refractivity (Wildman–Crippen MR) is 84.0 cm³/mol. The number of nitrogens with zero attached hydrogens (tertiary/aromatic N) is 3. The Morgan fingerprint density at radius 3 is 2.50 bits per heavy atom. The van der Waals surface area contributed by atoms with Crippen molar-refractivity contribution in [2.75, 3.05) is 6.54 Å². The van der Waals surface area contributed by atoms with E-state index in [9.17, 15) is 8.42 Å². The molecule has 0 saturated carbocycles. The average molecular weight is 317 g/mol. The molecule has 0 N–H and O–H groups in total. The molecule has 2 heterocycles. The average Bonchev–Trinajstić information content (AvgIpc) is 2.45. The van der Waals surface area contributed by atoms with Crippen molar-refractivity contribution in [3.8, 4) is 0 Å². The van der Waals surface area contributed by atoms with Gasteiger partial charge in [-0.3, -0.25) is 0 Å². The Morgan fingerprint density at radius 1 is 1.14 bits per heavy atom. The molecule has 0 aliphatic carbocycles. The zero-order valence-corrected chi connectivity index (χ0v) is 13.8. The molecule has 0 saturated heterocycles. The lowest BCUT2D eigenvalue weighted by atomic mass is 10.1. The second-order valence-corrected chi connectivity index (χ2v) is 7.69. The number of hydrogen-bond acceptors (Lipinski definition) is 4. The van der Waals surface area contributed by atoms with Crippen LogP contribution in [0.15, 0.2) is 29.6 Å². The first-order chi connectivity index (χ1) is 10.4. The Labute approximate surface area is 131 Å². The minimum atomic E-state index is -3.51. The second-order valence-electron chi connectivity index (χ2n) is 5.81. The monoisotopic (exact) mass is 317 g/mol. The molecule has 5 nitrogen and oxygen atoms in total. The molecule has 0 unspecified atom stereocenters. The molecule has 0 atom stereocenters. The van der Waals surface area contributed by atoms with Gasteiger partial charge in [-0.1, -0.05) is 17.7 Å². The molecule has 3 rings (SSSR count). The van der Waals surface area contributed by atoms with Crippen molar-refractivity contribution in [3.63, 3.8) is 0 Å². The maximum atomic E-state index is 13.0. The summed E-state index contributed by atoms with van der Waals surface area (Å²) in [6.07, 6.45) is 3.84. The maximum Gasteiger partial charge on any atom is 0.243 e. The fraction of sp³-hybridized carbons (Fsp3) is 0.375. The maximum absolute atomic E-state index is 13.0. The number of aryl methyl sites for hydroxylation is 3. The van der Waals surface area contributed by atoms with Gasteiger partial charge in [0, 0.05) is 37.0 Å². The molecular weight excluding hydrogens is 298 g/mol. The summed E-state index contributed by atoms with van der Waals surface area (Å²) in [6.45, 7) is 6.48. The quantitative estimate of drug-likeness (QED) is 0.851. The Balaban J connectivity index is 2.02. The highest BCUT2D eigenvalue weighted by atomic mass is 32.2. The summed E-state index contributed by atoms with van der Waals surface area (Å²) < 4.78 is 27.6. The van der Waals surface area contributed by atoms with Crippen LogP contribution < -0.4 is 0 Å². The van der Waals surface area contributed by atoms with Gasteiger partial charge in [-0.2, -0.15) is 4.31 Å². The Kier molecular flexibility index (Phi) is 3.74. The zero-order valence-electron chi connectivity index (χ0n) is 13.0. The topological polar surface area (TPSA) is 63.2 Å². The molecule has 22 heavy (non-hydrogen) atoms. The van der Waals surface area contributed by atoms with Crippen LogP contribution in [0.5, 0.6) is 0 Å². The molecule has 1 aromatic heterocycles.